The standard InChI is InChI=1S/C17H18O2/c18-12-11-17(13-15-7-3-1-4-8-15)19-14-16-9-5-2-6-10-16/h1-10,12,17H,11,13-14H2. The van der Waals surface area contributed by atoms with Gasteiger partial charge in [0.15, 0.2) is 0 Å². The highest BCUT2D eigenvalue weighted by atomic mass is 16.5. The lowest BCUT2D eigenvalue weighted by atomic mass is 10.1. The quantitative estimate of drug-likeness (QED) is 0.708. The van der Waals surface area contributed by atoms with Crippen molar-refractivity contribution in [1.29, 1.82) is 0 Å². The Morgan fingerprint density at radius 1 is 0.895 bits per heavy atom. The maximum atomic E-state index is 10.7. The van der Waals surface area contributed by atoms with Crippen molar-refractivity contribution in [1.82, 2.24) is 0 Å². The Morgan fingerprint density at radius 3 is 2.05 bits per heavy atom. The Bertz CT molecular complexity index is 479. The Morgan fingerprint density at radius 2 is 1.47 bits per heavy atom. The molecule has 0 aliphatic heterocycles. The van der Waals surface area contributed by atoms with E-state index in [2.05, 4.69) is 12.1 Å². The van der Waals surface area contributed by atoms with Crippen LogP contribution in [0.25, 0.3) is 0 Å². The summed E-state index contributed by atoms with van der Waals surface area (Å²) in [7, 11) is 0. The van der Waals surface area contributed by atoms with Crippen LogP contribution in [0.15, 0.2) is 60.7 Å². The molecule has 0 bridgehead atoms. The van der Waals surface area contributed by atoms with Gasteiger partial charge in [0.25, 0.3) is 0 Å². The molecule has 0 aromatic heterocycles. The zero-order valence-electron chi connectivity index (χ0n) is 10.9. The SMILES string of the molecule is O=CCC(Cc1ccccc1)OCc1ccccc1. The first kappa shape index (κ1) is 13.5. The molecule has 2 nitrogen and oxygen atoms in total. The third-order valence-electron chi connectivity index (χ3n) is 2.99. The first-order valence-electron chi connectivity index (χ1n) is 6.51. The maximum Gasteiger partial charge on any atom is 0.122 e. The summed E-state index contributed by atoms with van der Waals surface area (Å²) in [6.45, 7) is 0.548. The van der Waals surface area contributed by atoms with Gasteiger partial charge in [-0.3, -0.25) is 0 Å². The fraction of sp³-hybridized carbons (Fsp3) is 0.235. The van der Waals surface area contributed by atoms with Gasteiger partial charge < -0.3 is 9.53 Å². The van der Waals surface area contributed by atoms with Gasteiger partial charge in [0.05, 0.1) is 12.7 Å². The molecule has 0 heterocycles. The Kier molecular flexibility index (Phi) is 5.32. The molecular weight excluding hydrogens is 236 g/mol. The number of carbonyl (C=O) groups excluding carboxylic acids is 1. The lowest BCUT2D eigenvalue weighted by Gasteiger charge is -2.15. The number of hydrogen-bond donors (Lipinski definition) is 0. The largest absolute Gasteiger partial charge is 0.373 e. The Hall–Kier alpha value is -1.93. The van der Waals surface area contributed by atoms with E-state index in [1.54, 1.807) is 0 Å². The van der Waals surface area contributed by atoms with E-state index in [-0.39, 0.29) is 6.10 Å². The van der Waals surface area contributed by atoms with E-state index in [0.29, 0.717) is 13.0 Å². The van der Waals surface area contributed by atoms with Crippen molar-refractivity contribution in [3.63, 3.8) is 0 Å². The fourth-order valence-corrected chi connectivity index (χ4v) is 1.98. The van der Waals surface area contributed by atoms with E-state index in [0.717, 1.165) is 18.3 Å². The van der Waals surface area contributed by atoms with Crippen LogP contribution < -0.4 is 0 Å². The number of hydrogen-bond acceptors (Lipinski definition) is 2. The zero-order valence-corrected chi connectivity index (χ0v) is 10.9. The van der Waals surface area contributed by atoms with Crippen LogP contribution in [-0.2, 0) is 22.6 Å². The molecule has 0 spiro atoms. The number of benzene rings is 2. The van der Waals surface area contributed by atoms with Crippen LogP contribution in [0, 0.1) is 0 Å². The Balaban J connectivity index is 1.91. The molecule has 98 valence electrons. The van der Waals surface area contributed by atoms with Crippen LogP contribution in [0.2, 0.25) is 0 Å². The maximum absolute atomic E-state index is 10.7. The molecule has 0 N–H and O–H groups in total. The molecule has 0 aliphatic rings. The normalized spacial score (nSPS) is 12.0. The minimum absolute atomic E-state index is 0.0555. The third kappa shape index (κ3) is 4.68. The average molecular weight is 254 g/mol. The van der Waals surface area contributed by atoms with Crippen molar-refractivity contribution in [3.05, 3.63) is 71.8 Å². The lowest BCUT2D eigenvalue weighted by Crippen LogP contribution is -2.16. The van der Waals surface area contributed by atoms with Crippen LogP contribution >= 0.6 is 0 Å². The molecule has 0 saturated heterocycles. The van der Waals surface area contributed by atoms with E-state index in [1.807, 2.05) is 48.5 Å². The number of aldehydes is 1. The molecule has 2 aromatic carbocycles. The van der Waals surface area contributed by atoms with Crippen molar-refractivity contribution in [3.8, 4) is 0 Å². The molecule has 0 radical (unpaired) electrons. The monoisotopic (exact) mass is 254 g/mol. The van der Waals surface area contributed by atoms with Gasteiger partial charge >= 0.3 is 0 Å². The molecule has 0 aliphatic carbocycles. The molecule has 2 aromatic rings. The van der Waals surface area contributed by atoms with E-state index in [4.69, 9.17) is 4.74 Å². The van der Waals surface area contributed by atoms with E-state index < -0.39 is 0 Å². The summed E-state index contributed by atoms with van der Waals surface area (Å²) in [4.78, 5) is 10.7. The number of ether oxygens (including phenoxy) is 1. The van der Waals surface area contributed by atoms with Gasteiger partial charge in [-0.2, -0.15) is 0 Å². The predicted molar refractivity (Wildman–Crippen MR) is 75.8 cm³/mol. The molecule has 19 heavy (non-hydrogen) atoms. The van der Waals surface area contributed by atoms with Gasteiger partial charge in [0.2, 0.25) is 0 Å². The smallest absolute Gasteiger partial charge is 0.122 e. The number of rotatable bonds is 7. The van der Waals surface area contributed by atoms with Gasteiger partial charge in [-0.25, -0.2) is 0 Å². The summed E-state index contributed by atoms with van der Waals surface area (Å²) in [5.74, 6) is 0. The Labute approximate surface area is 114 Å². The summed E-state index contributed by atoms with van der Waals surface area (Å²) in [5, 5.41) is 0. The van der Waals surface area contributed by atoms with Gasteiger partial charge in [-0.15, -0.1) is 0 Å². The average Bonchev–Trinajstić information content (AvgIpc) is 2.47. The molecule has 2 rings (SSSR count). The first-order chi connectivity index (χ1) is 9.38. The number of carbonyl (C=O) groups is 1. The minimum Gasteiger partial charge on any atom is -0.373 e. The van der Waals surface area contributed by atoms with Crippen molar-refractivity contribution in [2.75, 3.05) is 0 Å². The minimum atomic E-state index is -0.0555. The third-order valence-corrected chi connectivity index (χ3v) is 2.99. The zero-order chi connectivity index (χ0) is 13.3. The van der Waals surface area contributed by atoms with E-state index in [9.17, 15) is 4.79 Å². The van der Waals surface area contributed by atoms with Crippen molar-refractivity contribution >= 4 is 6.29 Å². The topological polar surface area (TPSA) is 26.3 Å². The van der Waals surface area contributed by atoms with Crippen molar-refractivity contribution in [2.45, 2.75) is 25.6 Å². The second kappa shape index (κ2) is 7.49. The first-order valence-corrected chi connectivity index (χ1v) is 6.51. The fourth-order valence-electron chi connectivity index (χ4n) is 1.98. The molecule has 1 atom stereocenters. The van der Waals surface area contributed by atoms with Crippen molar-refractivity contribution < 1.29 is 9.53 Å². The molecule has 0 amide bonds. The second-order valence-corrected chi connectivity index (χ2v) is 4.51. The summed E-state index contributed by atoms with van der Waals surface area (Å²) in [5.41, 5.74) is 2.33. The van der Waals surface area contributed by atoms with Gasteiger partial charge in [-0.1, -0.05) is 60.7 Å². The highest BCUT2D eigenvalue weighted by molar-refractivity contribution is 5.50. The summed E-state index contributed by atoms with van der Waals surface area (Å²) in [6, 6.07) is 20.1. The highest BCUT2D eigenvalue weighted by Gasteiger charge is 2.09. The van der Waals surface area contributed by atoms with Crippen LogP contribution in [0.4, 0.5) is 0 Å². The second-order valence-electron chi connectivity index (χ2n) is 4.51. The highest BCUT2D eigenvalue weighted by Crippen LogP contribution is 2.11. The van der Waals surface area contributed by atoms with E-state index in [1.165, 1.54) is 5.56 Å². The van der Waals surface area contributed by atoms with Crippen LogP contribution in [0.5, 0.6) is 0 Å². The molecule has 1 unspecified atom stereocenters. The summed E-state index contributed by atoms with van der Waals surface area (Å²) in [6.07, 6.45) is 2.08. The summed E-state index contributed by atoms with van der Waals surface area (Å²) < 4.78 is 5.84. The molecular formula is C17H18O2. The van der Waals surface area contributed by atoms with Crippen LogP contribution in [0.3, 0.4) is 0 Å². The molecule has 2 heteroatoms. The van der Waals surface area contributed by atoms with Gasteiger partial charge in [0, 0.05) is 6.42 Å². The summed E-state index contributed by atoms with van der Waals surface area (Å²) >= 11 is 0. The van der Waals surface area contributed by atoms with Gasteiger partial charge in [-0.05, 0) is 17.5 Å². The van der Waals surface area contributed by atoms with E-state index >= 15 is 0 Å². The van der Waals surface area contributed by atoms with Gasteiger partial charge in [0.1, 0.15) is 6.29 Å². The molecule has 0 saturated carbocycles. The predicted octanol–water partition coefficient (Wildman–Crippen LogP) is 3.40. The van der Waals surface area contributed by atoms with Crippen LogP contribution in [0.1, 0.15) is 17.5 Å². The lowest BCUT2D eigenvalue weighted by molar-refractivity contribution is -0.110. The van der Waals surface area contributed by atoms with Crippen molar-refractivity contribution in [2.24, 2.45) is 0 Å². The van der Waals surface area contributed by atoms with Crippen LogP contribution in [-0.4, -0.2) is 12.4 Å². The molecule has 0 fully saturated rings.